The van der Waals surface area contributed by atoms with E-state index in [1.165, 1.54) is 23.7 Å². The summed E-state index contributed by atoms with van der Waals surface area (Å²) >= 11 is 2.42. The molecule has 0 saturated carbocycles. The molecule has 0 saturated heterocycles. The summed E-state index contributed by atoms with van der Waals surface area (Å²) in [5, 5.41) is 0. The molecule has 62 valence electrons. The maximum absolute atomic E-state index is 5.03. The van der Waals surface area contributed by atoms with Crippen LogP contribution in [0.1, 0.15) is 26.2 Å². The molecule has 0 fully saturated rings. The quantitative estimate of drug-likeness (QED) is 0.403. The molecule has 0 aliphatic rings. The lowest BCUT2D eigenvalue weighted by molar-refractivity contribution is 0.154. The van der Waals surface area contributed by atoms with Gasteiger partial charge < -0.3 is 4.74 Å². The molecule has 0 aliphatic heterocycles. The average Bonchev–Trinajstić information content (AvgIpc) is 1.89. The molecular weight excluding hydrogens is 239 g/mol. The fourth-order valence-electron chi connectivity index (χ4n) is 0.955. The van der Waals surface area contributed by atoms with Gasteiger partial charge in [0, 0.05) is 13.7 Å². The fraction of sp³-hybridized carbons (Fsp3) is 1.00. The molecule has 0 heterocycles. The van der Waals surface area contributed by atoms with Crippen LogP contribution < -0.4 is 0 Å². The van der Waals surface area contributed by atoms with Crippen LogP contribution in [0.4, 0.5) is 0 Å². The van der Waals surface area contributed by atoms with Gasteiger partial charge in [-0.05, 0) is 23.2 Å². The van der Waals surface area contributed by atoms with Gasteiger partial charge in [-0.1, -0.05) is 35.9 Å². The Morgan fingerprint density at radius 3 is 2.60 bits per heavy atom. The Bertz CT molecular complexity index is 66.3. The van der Waals surface area contributed by atoms with Gasteiger partial charge in [0.15, 0.2) is 0 Å². The topological polar surface area (TPSA) is 9.23 Å². The fourth-order valence-corrected chi connectivity index (χ4v) is 1.49. The number of rotatable bonds is 6. The Morgan fingerprint density at radius 2 is 2.10 bits per heavy atom. The monoisotopic (exact) mass is 256 g/mol. The normalized spacial score (nSPS) is 13.5. The number of methoxy groups -OCH3 is 1. The van der Waals surface area contributed by atoms with Gasteiger partial charge in [-0.3, -0.25) is 0 Å². The lowest BCUT2D eigenvalue weighted by Crippen LogP contribution is -2.02. The number of alkyl halides is 1. The van der Waals surface area contributed by atoms with E-state index in [-0.39, 0.29) is 0 Å². The highest BCUT2D eigenvalue weighted by Gasteiger charge is 1.99. The number of unbranched alkanes of at least 4 members (excludes halogenated alkanes) is 1. The van der Waals surface area contributed by atoms with Crippen LogP contribution >= 0.6 is 22.6 Å². The highest BCUT2D eigenvalue weighted by Crippen LogP contribution is 2.08. The zero-order chi connectivity index (χ0) is 7.82. The maximum Gasteiger partial charge on any atom is 0.0487 e. The van der Waals surface area contributed by atoms with Crippen LogP contribution in [0, 0.1) is 5.92 Å². The van der Waals surface area contributed by atoms with Gasteiger partial charge in [-0.25, -0.2) is 0 Å². The van der Waals surface area contributed by atoms with Gasteiger partial charge in [0.25, 0.3) is 0 Å². The summed E-state index contributed by atoms with van der Waals surface area (Å²) in [6, 6.07) is 0. The summed E-state index contributed by atoms with van der Waals surface area (Å²) < 4.78 is 6.32. The molecule has 0 aromatic heterocycles. The summed E-state index contributed by atoms with van der Waals surface area (Å²) in [5.74, 6) is 0.743. The first-order chi connectivity index (χ1) is 4.81. The Morgan fingerprint density at radius 1 is 1.40 bits per heavy atom. The molecule has 0 aromatic rings. The first-order valence-corrected chi connectivity index (χ1v) is 5.38. The second kappa shape index (κ2) is 7.79. The minimum Gasteiger partial charge on any atom is -0.384 e. The van der Waals surface area contributed by atoms with Crippen molar-refractivity contribution in [1.82, 2.24) is 0 Å². The maximum atomic E-state index is 5.03. The lowest BCUT2D eigenvalue weighted by atomic mass is 10.1. The molecule has 0 N–H and O–H groups in total. The van der Waals surface area contributed by atoms with Crippen LogP contribution in [0.3, 0.4) is 0 Å². The average molecular weight is 256 g/mol. The third-order valence-electron chi connectivity index (χ3n) is 1.53. The Hall–Kier alpha value is 0.690. The van der Waals surface area contributed by atoms with Crippen molar-refractivity contribution in [2.24, 2.45) is 5.92 Å². The molecule has 1 nitrogen and oxygen atoms in total. The highest BCUT2D eigenvalue weighted by molar-refractivity contribution is 14.1. The molecule has 0 rings (SSSR count). The van der Waals surface area contributed by atoms with E-state index >= 15 is 0 Å². The van der Waals surface area contributed by atoms with E-state index < -0.39 is 0 Å². The zero-order valence-corrected chi connectivity index (χ0v) is 9.06. The molecule has 0 unspecified atom stereocenters. The van der Waals surface area contributed by atoms with Crippen molar-refractivity contribution in [3.05, 3.63) is 0 Å². The summed E-state index contributed by atoms with van der Waals surface area (Å²) in [4.78, 5) is 0. The molecule has 0 amide bonds. The predicted molar refractivity (Wildman–Crippen MR) is 53.8 cm³/mol. The molecule has 1 atom stereocenters. The van der Waals surface area contributed by atoms with Crippen molar-refractivity contribution in [2.45, 2.75) is 26.2 Å². The van der Waals surface area contributed by atoms with E-state index in [9.17, 15) is 0 Å². The third kappa shape index (κ3) is 6.81. The highest BCUT2D eigenvalue weighted by atomic mass is 127. The Balaban J connectivity index is 2.97. The minimum atomic E-state index is 0.743. The number of hydrogen-bond acceptors (Lipinski definition) is 1. The van der Waals surface area contributed by atoms with Crippen LogP contribution in [-0.2, 0) is 4.74 Å². The summed E-state index contributed by atoms with van der Waals surface area (Å²) in [6.45, 7) is 3.16. The molecule has 0 aliphatic carbocycles. The van der Waals surface area contributed by atoms with Gasteiger partial charge in [-0.15, -0.1) is 0 Å². The smallest absolute Gasteiger partial charge is 0.0487 e. The molecule has 2 heteroatoms. The van der Waals surface area contributed by atoms with E-state index in [0.717, 1.165) is 12.5 Å². The van der Waals surface area contributed by atoms with Crippen LogP contribution in [-0.4, -0.2) is 18.1 Å². The summed E-state index contributed by atoms with van der Waals surface area (Å²) in [6.07, 6.45) is 4.03. The molecule has 0 spiro atoms. The standard InChI is InChI=1S/C8H17IO/c1-8(7-10-2)5-3-4-6-9/h8H,3-7H2,1-2H3/t8-/m0/s1. The van der Waals surface area contributed by atoms with Crippen molar-refractivity contribution in [1.29, 1.82) is 0 Å². The van der Waals surface area contributed by atoms with Gasteiger partial charge in [-0.2, -0.15) is 0 Å². The Labute approximate surface area is 77.7 Å². The van der Waals surface area contributed by atoms with Crippen molar-refractivity contribution < 1.29 is 4.74 Å². The van der Waals surface area contributed by atoms with Crippen LogP contribution in [0.2, 0.25) is 0 Å². The van der Waals surface area contributed by atoms with Crippen LogP contribution in [0.25, 0.3) is 0 Å². The molecule has 0 aromatic carbocycles. The second-order valence-corrected chi connectivity index (χ2v) is 3.82. The van der Waals surface area contributed by atoms with Gasteiger partial charge >= 0.3 is 0 Å². The molecule has 10 heavy (non-hydrogen) atoms. The van der Waals surface area contributed by atoms with Crippen LogP contribution in [0.5, 0.6) is 0 Å². The van der Waals surface area contributed by atoms with E-state index in [1.807, 2.05) is 0 Å². The second-order valence-electron chi connectivity index (χ2n) is 2.75. The van der Waals surface area contributed by atoms with Crippen molar-refractivity contribution in [2.75, 3.05) is 18.1 Å². The Kier molecular flexibility index (Phi) is 8.33. The SMILES string of the molecule is COC[C@@H](C)CCCCI. The molecular formula is C8H17IO. The van der Waals surface area contributed by atoms with Gasteiger partial charge in [0.2, 0.25) is 0 Å². The third-order valence-corrected chi connectivity index (χ3v) is 2.29. The molecule has 0 radical (unpaired) electrons. The van der Waals surface area contributed by atoms with E-state index in [1.54, 1.807) is 7.11 Å². The summed E-state index contributed by atoms with van der Waals surface area (Å²) in [7, 11) is 1.77. The van der Waals surface area contributed by atoms with Gasteiger partial charge in [0.1, 0.15) is 0 Å². The number of ether oxygens (including phenoxy) is 1. The van der Waals surface area contributed by atoms with Crippen LogP contribution in [0.15, 0.2) is 0 Å². The van der Waals surface area contributed by atoms with E-state index in [2.05, 4.69) is 29.5 Å². The van der Waals surface area contributed by atoms with Crippen molar-refractivity contribution >= 4 is 22.6 Å². The minimum absolute atomic E-state index is 0.743. The van der Waals surface area contributed by atoms with Crippen molar-refractivity contribution in [3.63, 3.8) is 0 Å². The van der Waals surface area contributed by atoms with E-state index in [4.69, 9.17) is 4.74 Å². The molecule has 0 bridgehead atoms. The summed E-state index contributed by atoms with van der Waals surface area (Å²) in [5.41, 5.74) is 0. The number of halogens is 1. The largest absolute Gasteiger partial charge is 0.384 e. The lowest BCUT2D eigenvalue weighted by Gasteiger charge is -2.07. The van der Waals surface area contributed by atoms with Crippen molar-refractivity contribution in [3.8, 4) is 0 Å². The predicted octanol–water partition coefficient (Wildman–Crippen LogP) is 2.87. The zero-order valence-electron chi connectivity index (χ0n) is 6.90. The van der Waals surface area contributed by atoms with E-state index in [0.29, 0.717) is 0 Å². The number of hydrogen-bond donors (Lipinski definition) is 0. The van der Waals surface area contributed by atoms with Gasteiger partial charge in [0.05, 0.1) is 0 Å². The first-order valence-electron chi connectivity index (χ1n) is 3.86. The first kappa shape index (κ1) is 10.7.